The highest BCUT2D eigenvalue weighted by atomic mass is 35.5. The van der Waals surface area contributed by atoms with Crippen molar-refractivity contribution in [3.63, 3.8) is 0 Å². The minimum absolute atomic E-state index is 0.383. The second-order valence-electron chi connectivity index (χ2n) is 5.00. The van der Waals surface area contributed by atoms with Crippen molar-refractivity contribution in [2.24, 2.45) is 5.73 Å². The van der Waals surface area contributed by atoms with Crippen molar-refractivity contribution in [3.8, 4) is 5.75 Å². The molecule has 0 heterocycles. The lowest BCUT2D eigenvalue weighted by Crippen LogP contribution is -2.38. The van der Waals surface area contributed by atoms with E-state index in [1.54, 1.807) is 7.11 Å². The number of benzene rings is 1. The van der Waals surface area contributed by atoms with E-state index in [0.29, 0.717) is 17.1 Å². The van der Waals surface area contributed by atoms with E-state index < -0.39 is 0 Å². The molecule has 0 amide bonds. The number of rotatable bonds is 3. The summed E-state index contributed by atoms with van der Waals surface area (Å²) in [6.45, 7) is 0. The average molecular weight is 269 g/mol. The Labute approximate surface area is 114 Å². The summed E-state index contributed by atoms with van der Waals surface area (Å²) in [6, 6.07) is 6.89. The Morgan fingerprint density at radius 3 is 2.50 bits per heavy atom. The highest BCUT2D eigenvalue weighted by molar-refractivity contribution is 6.32. The number of halogens is 1. The first-order chi connectivity index (χ1) is 8.61. The third-order valence-corrected chi connectivity index (χ3v) is 4.13. The monoisotopic (exact) mass is 268 g/mol. The van der Waals surface area contributed by atoms with Crippen molar-refractivity contribution < 1.29 is 4.74 Å². The molecule has 0 spiro atoms. The molecule has 0 atom stereocenters. The number of hydrogen-bond donors (Lipinski definition) is 1. The lowest BCUT2D eigenvalue weighted by molar-refractivity contribution is 0.384. The number of ether oxygens (including phenoxy) is 1. The van der Waals surface area contributed by atoms with Gasteiger partial charge in [0.2, 0.25) is 0 Å². The van der Waals surface area contributed by atoms with Crippen LogP contribution in [-0.2, 0) is 0 Å². The van der Waals surface area contributed by atoms with Crippen LogP contribution in [0, 0.1) is 0 Å². The van der Waals surface area contributed by atoms with E-state index >= 15 is 0 Å². The van der Waals surface area contributed by atoms with E-state index in [2.05, 4.69) is 18.0 Å². The first-order valence-corrected chi connectivity index (χ1v) is 6.81. The van der Waals surface area contributed by atoms with Crippen LogP contribution in [-0.4, -0.2) is 26.2 Å². The molecule has 100 valence electrons. The van der Waals surface area contributed by atoms with Gasteiger partial charge in [0.05, 0.1) is 12.1 Å². The zero-order chi connectivity index (χ0) is 13.1. The number of nitrogens with two attached hydrogens (primary N) is 1. The molecule has 0 bridgehead atoms. The molecule has 3 nitrogen and oxygen atoms in total. The Bertz CT molecular complexity index is 403. The Morgan fingerprint density at radius 2 is 1.94 bits per heavy atom. The van der Waals surface area contributed by atoms with Gasteiger partial charge in [0.25, 0.3) is 0 Å². The van der Waals surface area contributed by atoms with Gasteiger partial charge in [-0.25, -0.2) is 0 Å². The van der Waals surface area contributed by atoms with Crippen LogP contribution in [0.3, 0.4) is 0 Å². The van der Waals surface area contributed by atoms with Gasteiger partial charge in [0.15, 0.2) is 0 Å². The Balaban J connectivity index is 2.08. The molecule has 0 unspecified atom stereocenters. The van der Waals surface area contributed by atoms with Gasteiger partial charge in [0.1, 0.15) is 5.75 Å². The van der Waals surface area contributed by atoms with Crippen molar-refractivity contribution in [1.29, 1.82) is 0 Å². The van der Waals surface area contributed by atoms with Crippen LogP contribution in [0.15, 0.2) is 18.2 Å². The summed E-state index contributed by atoms with van der Waals surface area (Å²) >= 11 is 6.16. The Hall–Kier alpha value is -0.930. The molecule has 1 fully saturated rings. The maximum atomic E-state index is 6.16. The van der Waals surface area contributed by atoms with Gasteiger partial charge in [0, 0.05) is 24.8 Å². The molecule has 2 N–H and O–H groups in total. The largest absolute Gasteiger partial charge is 0.495 e. The molecule has 1 aliphatic carbocycles. The second kappa shape index (κ2) is 5.81. The fraction of sp³-hybridized carbons (Fsp3) is 0.571. The fourth-order valence-electron chi connectivity index (χ4n) is 2.57. The zero-order valence-electron chi connectivity index (χ0n) is 11.0. The van der Waals surface area contributed by atoms with Gasteiger partial charge >= 0.3 is 0 Å². The third kappa shape index (κ3) is 2.90. The van der Waals surface area contributed by atoms with Crippen molar-refractivity contribution in [1.82, 2.24) is 0 Å². The summed E-state index contributed by atoms with van der Waals surface area (Å²) in [6.07, 6.45) is 4.53. The van der Waals surface area contributed by atoms with Crippen LogP contribution in [0.5, 0.6) is 5.75 Å². The van der Waals surface area contributed by atoms with E-state index in [-0.39, 0.29) is 0 Å². The predicted octanol–water partition coefficient (Wildman–Crippen LogP) is 3.05. The van der Waals surface area contributed by atoms with Crippen LogP contribution in [0.25, 0.3) is 0 Å². The van der Waals surface area contributed by atoms with Crippen LogP contribution in [0.1, 0.15) is 25.7 Å². The van der Waals surface area contributed by atoms with Gasteiger partial charge in [-0.1, -0.05) is 11.6 Å². The van der Waals surface area contributed by atoms with E-state index in [1.807, 2.05) is 12.1 Å². The molecule has 1 aromatic rings. The maximum Gasteiger partial charge on any atom is 0.137 e. The van der Waals surface area contributed by atoms with Crippen molar-refractivity contribution in [3.05, 3.63) is 23.2 Å². The quantitative estimate of drug-likeness (QED) is 0.916. The third-order valence-electron chi connectivity index (χ3n) is 3.83. The van der Waals surface area contributed by atoms with Crippen LogP contribution in [0.4, 0.5) is 5.69 Å². The molecule has 4 heteroatoms. The van der Waals surface area contributed by atoms with Gasteiger partial charge in [-0.05, 0) is 43.9 Å². The summed E-state index contributed by atoms with van der Waals surface area (Å²) in [7, 11) is 3.76. The number of hydrogen-bond acceptors (Lipinski definition) is 3. The van der Waals surface area contributed by atoms with Crippen molar-refractivity contribution >= 4 is 17.3 Å². The van der Waals surface area contributed by atoms with Crippen LogP contribution >= 0.6 is 11.6 Å². The number of methoxy groups -OCH3 is 1. The van der Waals surface area contributed by atoms with Gasteiger partial charge in [-0.3, -0.25) is 0 Å². The summed E-state index contributed by atoms with van der Waals surface area (Å²) in [5.41, 5.74) is 7.08. The number of nitrogens with zero attached hydrogens (tertiary/aromatic N) is 1. The Kier molecular flexibility index (Phi) is 4.36. The first-order valence-electron chi connectivity index (χ1n) is 6.43. The lowest BCUT2D eigenvalue weighted by Gasteiger charge is -2.35. The van der Waals surface area contributed by atoms with Crippen LogP contribution in [0.2, 0.25) is 5.02 Å². The first kappa shape index (κ1) is 13.5. The minimum atomic E-state index is 0.383. The predicted molar refractivity (Wildman–Crippen MR) is 76.6 cm³/mol. The summed E-state index contributed by atoms with van der Waals surface area (Å²) in [5, 5.41) is 0.661. The van der Waals surface area contributed by atoms with E-state index in [4.69, 9.17) is 22.1 Å². The molecular weight excluding hydrogens is 248 g/mol. The van der Waals surface area contributed by atoms with Crippen molar-refractivity contribution in [2.45, 2.75) is 37.8 Å². The van der Waals surface area contributed by atoms with E-state index in [1.165, 1.54) is 0 Å². The molecule has 18 heavy (non-hydrogen) atoms. The van der Waals surface area contributed by atoms with Gasteiger partial charge in [-0.2, -0.15) is 0 Å². The smallest absolute Gasteiger partial charge is 0.137 e. The fourth-order valence-corrected chi connectivity index (χ4v) is 2.83. The molecule has 1 aromatic carbocycles. The molecule has 2 rings (SSSR count). The molecule has 1 aliphatic rings. The van der Waals surface area contributed by atoms with Crippen molar-refractivity contribution in [2.75, 3.05) is 19.1 Å². The summed E-state index contributed by atoms with van der Waals surface area (Å²) < 4.78 is 5.17. The molecule has 0 aromatic heterocycles. The Morgan fingerprint density at radius 1 is 1.28 bits per heavy atom. The summed E-state index contributed by atoms with van der Waals surface area (Å²) in [5.74, 6) is 0.722. The van der Waals surface area contributed by atoms with E-state index in [9.17, 15) is 0 Å². The SMILES string of the molecule is COc1ccc(N(C)C2CCC(N)CC2)cc1Cl. The molecule has 0 radical (unpaired) electrons. The molecule has 0 saturated heterocycles. The highest BCUT2D eigenvalue weighted by Crippen LogP contribution is 2.31. The average Bonchev–Trinajstić information content (AvgIpc) is 2.38. The van der Waals surface area contributed by atoms with Crippen LogP contribution < -0.4 is 15.4 Å². The zero-order valence-corrected chi connectivity index (χ0v) is 11.8. The molecule has 1 saturated carbocycles. The molecule has 0 aliphatic heterocycles. The molecular formula is C14H21ClN2O. The summed E-state index contributed by atoms with van der Waals surface area (Å²) in [4.78, 5) is 2.30. The van der Waals surface area contributed by atoms with Gasteiger partial charge in [-0.15, -0.1) is 0 Å². The minimum Gasteiger partial charge on any atom is -0.495 e. The van der Waals surface area contributed by atoms with E-state index in [0.717, 1.165) is 37.1 Å². The second-order valence-corrected chi connectivity index (χ2v) is 5.41. The number of anilines is 1. The maximum absolute atomic E-state index is 6.16. The van der Waals surface area contributed by atoms with Gasteiger partial charge < -0.3 is 15.4 Å². The lowest BCUT2D eigenvalue weighted by atomic mass is 9.91. The standard InChI is InChI=1S/C14H21ClN2O/c1-17(11-5-3-10(16)4-6-11)12-7-8-14(18-2)13(15)9-12/h7-11H,3-6,16H2,1-2H3. The normalized spacial score (nSPS) is 23.8. The highest BCUT2D eigenvalue weighted by Gasteiger charge is 2.22. The topological polar surface area (TPSA) is 38.5 Å².